The maximum Gasteiger partial charge on any atom is 0.264 e. The Balaban J connectivity index is 1.83. The summed E-state index contributed by atoms with van der Waals surface area (Å²) in [6.45, 7) is 0.252. The standard InChI is InChI=1S/C23H21N3O4S/c1-28-16-10-11-18(29-2)17(13-16)22(27)26(14-15-7-4-5-12-24-15)23-25-21-19(30-3)8-6-9-20(21)31-23/h4-13H,14H2,1-3H3. The molecule has 0 aliphatic heterocycles. The van der Waals surface area contributed by atoms with Gasteiger partial charge >= 0.3 is 0 Å². The lowest BCUT2D eigenvalue weighted by Gasteiger charge is -2.21. The molecule has 31 heavy (non-hydrogen) atoms. The zero-order valence-corrected chi connectivity index (χ0v) is 18.2. The quantitative estimate of drug-likeness (QED) is 0.424. The third-order valence-electron chi connectivity index (χ3n) is 4.75. The van der Waals surface area contributed by atoms with Gasteiger partial charge in [-0.25, -0.2) is 4.98 Å². The largest absolute Gasteiger partial charge is 0.497 e. The lowest BCUT2D eigenvalue weighted by atomic mass is 10.1. The van der Waals surface area contributed by atoms with E-state index in [0.29, 0.717) is 33.5 Å². The van der Waals surface area contributed by atoms with Gasteiger partial charge in [-0.05, 0) is 42.5 Å². The number of fused-ring (bicyclic) bond motifs is 1. The number of nitrogens with zero attached hydrogens (tertiary/aromatic N) is 3. The minimum absolute atomic E-state index is 0.252. The van der Waals surface area contributed by atoms with Gasteiger partial charge in [-0.15, -0.1) is 0 Å². The molecule has 7 nitrogen and oxygen atoms in total. The summed E-state index contributed by atoms with van der Waals surface area (Å²) in [4.78, 5) is 24.4. The molecular formula is C23H21N3O4S. The number of amides is 1. The first-order valence-corrected chi connectivity index (χ1v) is 10.3. The van der Waals surface area contributed by atoms with Crippen LogP contribution in [0.4, 0.5) is 5.13 Å². The first kappa shape index (κ1) is 20.6. The molecule has 0 bridgehead atoms. The summed E-state index contributed by atoms with van der Waals surface area (Å²) in [6, 6.07) is 16.4. The van der Waals surface area contributed by atoms with E-state index in [0.717, 1.165) is 10.4 Å². The van der Waals surface area contributed by atoms with Crippen molar-refractivity contribution in [3.8, 4) is 17.2 Å². The Morgan fingerprint density at radius 3 is 2.52 bits per heavy atom. The molecule has 0 aliphatic carbocycles. The predicted molar refractivity (Wildman–Crippen MR) is 120 cm³/mol. The lowest BCUT2D eigenvalue weighted by Crippen LogP contribution is -2.31. The molecule has 0 aliphatic rings. The molecular weight excluding hydrogens is 414 g/mol. The number of aromatic nitrogens is 2. The Bertz CT molecular complexity index is 1210. The van der Waals surface area contributed by atoms with Crippen LogP contribution in [0, 0.1) is 0 Å². The molecule has 8 heteroatoms. The molecule has 0 saturated heterocycles. The summed E-state index contributed by atoms with van der Waals surface area (Å²) in [6.07, 6.45) is 1.70. The third kappa shape index (κ3) is 4.15. The second-order valence-electron chi connectivity index (χ2n) is 6.58. The molecule has 0 unspecified atom stereocenters. The summed E-state index contributed by atoms with van der Waals surface area (Å²) < 4.78 is 17.1. The van der Waals surface area contributed by atoms with E-state index in [1.165, 1.54) is 18.4 Å². The van der Waals surface area contributed by atoms with Crippen LogP contribution in [0.1, 0.15) is 16.1 Å². The first-order valence-electron chi connectivity index (χ1n) is 9.52. The number of ether oxygens (including phenoxy) is 3. The number of carbonyl (C=O) groups is 1. The van der Waals surface area contributed by atoms with Gasteiger partial charge in [0.05, 0.1) is 43.8 Å². The Morgan fingerprint density at radius 1 is 0.968 bits per heavy atom. The highest BCUT2D eigenvalue weighted by atomic mass is 32.1. The van der Waals surface area contributed by atoms with E-state index in [1.54, 1.807) is 43.5 Å². The predicted octanol–water partition coefficient (Wildman–Crippen LogP) is 4.56. The van der Waals surface area contributed by atoms with Gasteiger partial charge < -0.3 is 14.2 Å². The van der Waals surface area contributed by atoms with Gasteiger partial charge in [0.2, 0.25) is 0 Å². The molecule has 4 rings (SSSR count). The van der Waals surface area contributed by atoms with Crippen molar-refractivity contribution in [2.75, 3.05) is 26.2 Å². The highest BCUT2D eigenvalue weighted by Gasteiger charge is 2.26. The van der Waals surface area contributed by atoms with E-state index >= 15 is 0 Å². The number of hydrogen-bond acceptors (Lipinski definition) is 7. The zero-order chi connectivity index (χ0) is 21.8. The molecule has 1 amide bonds. The Kier molecular flexibility index (Phi) is 5.99. The maximum atomic E-state index is 13.7. The molecule has 0 atom stereocenters. The number of thiazole rings is 1. The van der Waals surface area contributed by atoms with E-state index in [-0.39, 0.29) is 12.5 Å². The van der Waals surface area contributed by atoms with Crippen molar-refractivity contribution in [1.29, 1.82) is 0 Å². The number of pyridine rings is 1. The van der Waals surface area contributed by atoms with Crippen molar-refractivity contribution < 1.29 is 19.0 Å². The van der Waals surface area contributed by atoms with Crippen LogP contribution in [-0.2, 0) is 6.54 Å². The number of hydrogen-bond donors (Lipinski definition) is 0. The molecule has 0 N–H and O–H groups in total. The van der Waals surface area contributed by atoms with E-state index in [4.69, 9.17) is 19.2 Å². The second kappa shape index (κ2) is 9.01. The molecule has 0 saturated carbocycles. The van der Waals surface area contributed by atoms with E-state index in [2.05, 4.69) is 4.98 Å². The third-order valence-corrected chi connectivity index (χ3v) is 5.79. The first-order chi connectivity index (χ1) is 15.1. The van der Waals surface area contributed by atoms with Crippen LogP contribution in [0.25, 0.3) is 10.2 Å². The van der Waals surface area contributed by atoms with E-state index < -0.39 is 0 Å². The van der Waals surface area contributed by atoms with Crippen molar-refractivity contribution in [2.24, 2.45) is 0 Å². The van der Waals surface area contributed by atoms with E-state index in [1.807, 2.05) is 36.4 Å². The Hall–Kier alpha value is -3.65. The molecule has 2 aromatic carbocycles. The maximum absolute atomic E-state index is 13.7. The summed E-state index contributed by atoms with van der Waals surface area (Å²) in [7, 11) is 4.69. The van der Waals surface area contributed by atoms with Crippen molar-refractivity contribution in [3.05, 3.63) is 72.1 Å². The lowest BCUT2D eigenvalue weighted by molar-refractivity contribution is 0.0981. The SMILES string of the molecule is COc1ccc(OC)c(C(=O)N(Cc2ccccn2)c2nc3c(OC)cccc3s2)c1. The number of rotatable bonds is 7. The van der Waals surface area contributed by atoms with Gasteiger partial charge in [-0.1, -0.05) is 23.5 Å². The summed E-state index contributed by atoms with van der Waals surface area (Å²) in [5.74, 6) is 1.41. The van der Waals surface area contributed by atoms with Crippen LogP contribution in [0.3, 0.4) is 0 Å². The van der Waals surface area contributed by atoms with Gasteiger partial charge in [0.25, 0.3) is 5.91 Å². The zero-order valence-electron chi connectivity index (χ0n) is 17.4. The average molecular weight is 436 g/mol. The van der Waals surface area contributed by atoms with Crippen molar-refractivity contribution in [1.82, 2.24) is 9.97 Å². The smallest absolute Gasteiger partial charge is 0.264 e. The summed E-state index contributed by atoms with van der Waals surface area (Å²) in [5.41, 5.74) is 1.83. The van der Waals surface area contributed by atoms with Crippen molar-refractivity contribution in [3.63, 3.8) is 0 Å². The fourth-order valence-corrected chi connectivity index (χ4v) is 4.18. The molecule has 2 heterocycles. The number of methoxy groups -OCH3 is 3. The number of benzene rings is 2. The van der Waals surface area contributed by atoms with Crippen LogP contribution in [-0.4, -0.2) is 37.2 Å². The number of anilines is 1. The molecule has 0 radical (unpaired) electrons. The fraction of sp³-hybridized carbons (Fsp3) is 0.174. The monoisotopic (exact) mass is 435 g/mol. The van der Waals surface area contributed by atoms with Gasteiger partial charge in [0, 0.05) is 6.20 Å². The van der Waals surface area contributed by atoms with Gasteiger partial charge in [-0.3, -0.25) is 14.7 Å². The number of para-hydroxylation sites is 1. The summed E-state index contributed by atoms with van der Waals surface area (Å²) in [5, 5.41) is 0.542. The van der Waals surface area contributed by atoms with Gasteiger partial charge in [-0.2, -0.15) is 0 Å². The normalized spacial score (nSPS) is 10.7. The minimum Gasteiger partial charge on any atom is -0.497 e. The van der Waals surface area contributed by atoms with E-state index in [9.17, 15) is 4.79 Å². The average Bonchev–Trinajstić information content (AvgIpc) is 3.26. The molecule has 158 valence electrons. The van der Waals surface area contributed by atoms with Crippen LogP contribution in [0.15, 0.2) is 60.8 Å². The topological polar surface area (TPSA) is 73.8 Å². The van der Waals surface area contributed by atoms with Crippen LogP contribution in [0.5, 0.6) is 17.2 Å². The molecule has 0 fully saturated rings. The minimum atomic E-state index is -0.264. The second-order valence-corrected chi connectivity index (χ2v) is 7.59. The number of carbonyl (C=O) groups excluding carboxylic acids is 1. The van der Waals surface area contributed by atoms with Crippen molar-refractivity contribution in [2.45, 2.75) is 6.54 Å². The molecule has 2 aromatic heterocycles. The highest BCUT2D eigenvalue weighted by molar-refractivity contribution is 7.22. The molecule has 4 aromatic rings. The molecule has 0 spiro atoms. The Labute approximate surface area is 183 Å². The summed E-state index contributed by atoms with van der Waals surface area (Å²) >= 11 is 1.41. The van der Waals surface area contributed by atoms with Crippen molar-refractivity contribution >= 4 is 32.6 Å². The van der Waals surface area contributed by atoms with Gasteiger partial charge in [0.1, 0.15) is 22.8 Å². The Morgan fingerprint density at radius 2 is 1.81 bits per heavy atom. The van der Waals surface area contributed by atoms with Gasteiger partial charge in [0.15, 0.2) is 5.13 Å². The highest BCUT2D eigenvalue weighted by Crippen LogP contribution is 2.36. The van der Waals surface area contributed by atoms with Crippen LogP contribution >= 0.6 is 11.3 Å². The fourth-order valence-electron chi connectivity index (χ4n) is 3.20. The van der Waals surface area contributed by atoms with Crippen LogP contribution in [0.2, 0.25) is 0 Å². The van der Waals surface area contributed by atoms with Crippen LogP contribution < -0.4 is 19.1 Å².